The third-order valence-electron chi connectivity index (χ3n) is 5.83. The number of ether oxygens (including phenoxy) is 1. The Kier molecular flexibility index (Phi) is 7.42. The van der Waals surface area contributed by atoms with Crippen molar-refractivity contribution in [3.8, 4) is 33.8 Å². The van der Waals surface area contributed by atoms with E-state index in [0.29, 0.717) is 23.1 Å². The van der Waals surface area contributed by atoms with Crippen molar-refractivity contribution < 1.29 is 28.1 Å². The Labute approximate surface area is 202 Å². The molecule has 0 aliphatic heterocycles. The van der Waals surface area contributed by atoms with E-state index in [-0.39, 0.29) is 29.2 Å². The van der Waals surface area contributed by atoms with E-state index < -0.39 is 23.6 Å². The SMILES string of the molecule is CCCC(O)c1ccc(-c2ccc(-c3ccc(COc4ccc(O)cc4F)cc3)c(F)c2F)cc1. The smallest absolute Gasteiger partial charge is 0.168 e. The van der Waals surface area contributed by atoms with Crippen molar-refractivity contribution in [2.24, 2.45) is 0 Å². The fraction of sp³-hybridized carbons (Fsp3) is 0.172. The Bertz CT molecular complexity index is 1300. The minimum Gasteiger partial charge on any atom is -0.508 e. The Morgan fingerprint density at radius 3 is 1.89 bits per heavy atom. The molecule has 0 saturated heterocycles. The first kappa shape index (κ1) is 24.4. The first-order valence-corrected chi connectivity index (χ1v) is 11.3. The Morgan fingerprint density at radius 2 is 1.34 bits per heavy atom. The molecular formula is C29H25F3O3. The molecule has 1 atom stereocenters. The van der Waals surface area contributed by atoms with Gasteiger partial charge in [-0.1, -0.05) is 74.0 Å². The van der Waals surface area contributed by atoms with Crippen molar-refractivity contribution in [3.05, 3.63) is 107 Å². The van der Waals surface area contributed by atoms with Crippen LogP contribution in [0.1, 0.15) is 37.0 Å². The van der Waals surface area contributed by atoms with Crippen LogP contribution in [0.5, 0.6) is 11.5 Å². The highest BCUT2D eigenvalue weighted by Crippen LogP contribution is 2.32. The Morgan fingerprint density at radius 1 is 0.771 bits per heavy atom. The van der Waals surface area contributed by atoms with E-state index >= 15 is 0 Å². The summed E-state index contributed by atoms with van der Waals surface area (Å²) in [6.07, 6.45) is 0.900. The lowest BCUT2D eigenvalue weighted by atomic mass is 9.96. The lowest BCUT2D eigenvalue weighted by Gasteiger charge is -2.12. The Balaban J connectivity index is 1.50. The maximum absolute atomic E-state index is 15.0. The van der Waals surface area contributed by atoms with Crippen LogP contribution in [0, 0.1) is 17.5 Å². The van der Waals surface area contributed by atoms with Gasteiger partial charge < -0.3 is 14.9 Å². The second kappa shape index (κ2) is 10.7. The fourth-order valence-corrected chi connectivity index (χ4v) is 3.87. The molecule has 0 fully saturated rings. The van der Waals surface area contributed by atoms with E-state index in [1.165, 1.54) is 24.3 Å². The van der Waals surface area contributed by atoms with Crippen molar-refractivity contribution in [3.63, 3.8) is 0 Å². The molecule has 180 valence electrons. The molecule has 0 saturated carbocycles. The van der Waals surface area contributed by atoms with Gasteiger partial charge in [-0.2, -0.15) is 0 Å². The monoisotopic (exact) mass is 478 g/mol. The van der Waals surface area contributed by atoms with E-state index in [1.807, 2.05) is 6.92 Å². The molecule has 0 spiro atoms. The molecule has 2 N–H and O–H groups in total. The molecule has 0 aromatic heterocycles. The van der Waals surface area contributed by atoms with Gasteiger partial charge in [-0.25, -0.2) is 13.2 Å². The number of phenolic OH excluding ortho intramolecular Hbond substituents is 1. The summed E-state index contributed by atoms with van der Waals surface area (Å²) < 4.78 is 49.2. The van der Waals surface area contributed by atoms with Gasteiger partial charge in [0.1, 0.15) is 12.4 Å². The van der Waals surface area contributed by atoms with Crippen LogP contribution in [0.2, 0.25) is 0 Å². The largest absolute Gasteiger partial charge is 0.508 e. The van der Waals surface area contributed by atoms with Crippen LogP contribution >= 0.6 is 0 Å². The zero-order valence-corrected chi connectivity index (χ0v) is 19.1. The van der Waals surface area contributed by atoms with Gasteiger partial charge in [0, 0.05) is 17.2 Å². The molecule has 1 unspecified atom stereocenters. The molecule has 3 nitrogen and oxygen atoms in total. The van der Waals surface area contributed by atoms with Crippen LogP contribution in [0.15, 0.2) is 78.9 Å². The summed E-state index contributed by atoms with van der Waals surface area (Å²) in [6, 6.07) is 20.2. The fourth-order valence-electron chi connectivity index (χ4n) is 3.87. The van der Waals surface area contributed by atoms with Gasteiger partial charge in [-0.05, 0) is 40.8 Å². The number of benzene rings is 4. The van der Waals surface area contributed by atoms with Crippen molar-refractivity contribution in [1.29, 1.82) is 0 Å². The molecule has 4 rings (SSSR count). The lowest BCUT2D eigenvalue weighted by Crippen LogP contribution is -1.98. The molecule has 0 bridgehead atoms. The van der Waals surface area contributed by atoms with Crippen molar-refractivity contribution >= 4 is 0 Å². The highest BCUT2D eigenvalue weighted by Gasteiger charge is 2.17. The second-order valence-electron chi connectivity index (χ2n) is 8.32. The van der Waals surface area contributed by atoms with Gasteiger partial charge >= 0.3 is 0 Å². The van der Waals surface area contributed by atoms with Gasteiger partial charge in [0.25, 0.3) is 0 Å². The van der Waals surface area contributed by atoms with E-state index in [2.05, 4.69) is 0 Å². The molecule has 0 amide bonds. The molecule has 0 aliphatic carbocycles. The zero-order chi connectivity index (χ0) is 24.9. The second-order valence-corrected chi connectivity index (χ2v) is 8.32. The van der Waals surface area contributed by atoms with E-state index in [1.54, 1.807) is 48.5 Å². The summed E-state index contributed by atoms with van der Waals surface area (Å²) >= 11 is 0. The molecule has 0 radical (unpaired) electrons. The number of aliphatic hydroxyl groups is 1. The molecule has 6 heteroatoms. The van der Waals surface area contributed by atoms with E-state index in [9.17, 15) is 23.4 Å². The third-order valence-corrected chi connectivity index (χ3v) is 5.83. The van der Waals surface area contributed by atoms with Crippen LogP contribution in [0.3, 0.4) is 0 Å². The molecular weight excluding hydrogens is 453 g/mol. The maximum Gasteiger partial charge on any atom is 0.168 e. The zero-order valence-electron chi connectivity index (χ0n) is 19.1. The number of rotatable bonds is 8. The minimum absolute atomic E-state index is 0.00323. The topological polar surface area (TPSA) is 49.7 Å². The van der Waals surface area contributed by atoms with Crippen LogP contribution in [0.4, 0.5) is 13.2 Å². The van der Waals surface area contributed by atoms with E-state index in [4.69, 9.17) is 4.74 Å². The predicted octanol–water partition coefficient (Wildman–Crippen LogP) is 7.56. The number of aliphatic hydroxyl groups excluding tert-OH is 1. The van der Waals surface area contributed by atoms with Crippen molar-refractivity contribution in [2.45, 2.75) is 32.5 Å². The van der Waals surface area contributed by atoms with Gasteiger partial charge in [-0.15, -0.1) is 0 Å². The van der Waals surface area contributed by atoms with Crippen LogP contribution in [-0.2, 0) is 6.61 Å². The number of halogens is 3. The summed E-state index contributed by atoms with van der Waals surface area (Å²) in [5.74, 6) is -2.76. The van der Waals surface area contributed by atoms with Crippen molar-refractivity contribution in [1.82, 2.24) is 0 Å². The summed E-state index contributed by atoms with van der Waals surface area (Å²) in [5.41, 5.74) is 2.73. The van der Waals surface area contributed by atoms with Crippen molar-refractivity contribution in [2.75, 3.05) is 0 Å². The molecule has 0 aliphatic rings. The first-order chi connectivity index (χ1) is 16.9. The summed E-state index contributed by atoms with van der Waals surface area (Å²) in [5, 5.41) is 19.4. The minimum atomic E-state index is -0.951. The van der Waals surface area contributed by atoms with Crippen LogP contribution < -0.4 is 4.74 Å². The van der Waals surface area contributed by atoms with Gasteiger partial charge in [-0.3, -0.25) is 0 Å². The van der Waals surface area contributed by atoms with Crippen LogP contribution in [-0.4, -0.2) is 10.2 Å². The van der Waals surface area contributed by atoms with Gasteiger partial charge in [0.05, 0.1) is 6.10 Å². The molecule has 35 heavy (non-hydrogen) atoms. The summed E-state index contributed by atoms with van der Waals surface area (Å²) in [6.45, 7) is 2.05. The van der Waals surface area contributed by atoms with Crippen LogP contribution in [0.25, 0.3) is 22.3 Å². The highest BCUT2D eigenvalue weighted by molar-refractivity contribution is 5.72. The lowest BCUT2D eigenvalue weighted by molar-refractivity contribution is 0.166. The Hall–Kier alpha value is -3.77. The normalized spacial score (nSPS) is 11.9. The average molecular weight is 479 g/mol. The summed E-state index contributed by atoms with van der Waals surface area (Å²) in [7, 11) is 0. The standard InChI is InChI=1S/C29H25F3O3/c1-2-3-26(34)21-10-8-20(9-11-21)24-14-13-23(28(31)29(24)32)19-6-4-18(5-7-19)17-35-27-15-12-22(33)16-25(27)30/h4-16,26,33-34H,2-3,17H2,1H3. The highest BCUT2D eigenvalue weighted by atomic mass is 19.2. The quantitative estimate of drug-likeness (QED) is 0.275. The maximum atomic E-state index is 15.0. The first-order valence-electron chi connectivity index (χ1n) is 11.3. The molecule has 0 heterocycles. The number of hydrogen-bond donors (Lipinski definition) is 2. The third kappa shape index (κ3) is 5.49. The average Bonchev–Trinajstić information content (AvgIpc) is 2.86. The molecule has 4 aromatic carbocycles. The number of aromatic hydroxyl groups is 1. The predicted molar refractivity (Wildman–Crippen MR) is 129 cm³/mol. The van der Waals surface area contributed by atoms with E-state index in [0.717, 1.165) is 18.1 Å². The van der Waals surface area contributed by atoms with Gasteiger partial charge in [0.2, 0.25) is 0 Å². The molecule has 4 aromatic rings. The van der Waals surface area contributed by atoms with Gasteiger partial charge in [0.15, 0.2) is 23.2 Å². The summed E-state index contributed by atoms with van der Waals surface area (Å²) in [4.78, 5) is 0. The number of hydrogen-bond acceptors (Lipinski definition) is 3. The number of phenols is 1.